The topological polar surface area (TPSA) is 56.7 Å². The molecular formula is C45H32N4O. The first-order valence-electron chi connectivity index (χ1n) is 17.0. The van der Waals surface area contributed by atoms with E-state index in [9.17, 15) is 0 Å². The van der Waals surface area contributed by atoms with Gasteiger partial charge in [-0.05, 0) is 46.7 Å². The lowest BCUT2D eigenvalue weighted by Crippen LogP contribution is -2.07. The van der Waals surface area contributed by atoms with E-state index in [4.69, 9.17) is 19.4 Å². The molecule has 0 fully saturated rings. The van der Waals surface area contributed by atoms with Gasteiger partial charge in [0.05, 0.1) is 11.0 Å². The molecule has 0 bridgehead atoms. The molecule has 5 heteroatoms. The highest BCUT2D eigenvalue weighted by Gasteiger charge is 2.21. The standard InChI is InChI=1S/C43H26N4O.C2H6/c1-3-12-27(13-4-1)41-44-42(28-14-5-2-6-15-28)46-43(45-41)47-37-26-30-17-8-7-16-29(30)24-35(37)34-20-11-19-32(40(34)47)31-22-23-39-36(25-31)33-18-9-10-21-38(33)48-39;1-2/h1-26H;1-2H3. The largest absolute Gasteiger partial charge is 0.456 e. The van der Waals surface area contributed by atoms with Crippen molar-refractivity contribution in [2.24, 2.45) is 0 Å². The number of hydrogen-bond acceptors (Lipinski definition) is 4. The smallest absolute Gasteiger partial charge is 0.238 e. The minimum atomic E-state index is 0.570. The lowest BCUT2D eigenvalue weighted by atomic mass is 9.99. The first-order valence-corrected chi connectivity index (χ1v) is 17.0. The second-order valence-corrected chi connectivity index (χ2v) is 12.1. The highest BCUT2D eigenvalue weighted by molar-refractivity contribution is 6.17. The quantitative estimate of drug-likeness (QED) is 0.191. The molecule has 10 aromatic rings. The maximum atomic E-state index is 6.19. The van der Waals surface area contributed by atoms with Crippen LogP contribution in [0.25, 0.3) is 94.4 Å². The molecule has 0 aliphatic rings. The lowest BCUT2D eigenvalue weighted by molar-refractivity contribution is 0.669. The predicted octanol–water partition coefficient (Wildman–Crippen LogP) is 12.0. The van der Waals surface area contributed by atoms with Crippen LogP contribution in [-0.2, 0) is 0 Å². The molecule has 0 radical (unpaired) electrons. The molecule has 50 heavy (non-hydrogen) atoms. The van der Waals surface area contributed by atoms with Crippen LogP contribution in [0, 0.1) is 0 Å². The van der Waals surface area contributed by atoms with Crippen molar-refractivity contribution in [1.82, 2.24) is 19.5 Å². The monoisotopic (exact) mass is 644 g/mol. The Balaban J connectivity index is 0.00000165. The molecule has 10 rings (SSSR count). The summed E-state index contributed by atoms with van der Waals surface area (Å²) in [6.45, 7) is 4.00. The van der Waals surface area contributed by atoms with E-state index < -0.39 is 0 Å². The average molecular weight is 645 g/mol. The van der Waals surface area contributed by atoms with Crippen LogP contribution < -0.4 is 0 Å². The van der Waals surface area contributed by atoms with E-state index in [1.165, 1.54) is 5.39 Å². The third kappa shape index (κ3) is 4.82. The number of para-hydroxylation sites is 2. The van der Waals surface area contributed by atoms with E-state index >= 15 is 0 Å². The predicted molar refractivity (Wildman–Crippen MR) is 207 cm³/mol. The van der Waals surface area contributed by atoms with Crippen LogP contribution in [0.1, 0.15) is 13.8 Å². The molecule has 0 saturated heterocycles. The van der Waals surface area contributed by atoms with Crippen molar-refractivity contribution in [3.8, 4) is 39.9 Å². The summed E-state index contributed by atoms with van der Waals surface area (Å²) in [5.41, 5.74) is 7.88. The number of nitrogens with zero attached hydrogens (tertiary/aromatic N) is 4. The van der Waals surface area contributed by atoms with Crippen LogP contribution >= 0.6 is 0 Å². The van der Waals surface area contributed by atoms with Crippen molar-refractivity contribution >= 4 is 54.5 Å². The highest BCUT2D eigenvalue weighted by atomic mass is 16.3. The molecule has 3 aromatic heterocycles. The van der Waals surface area contributed by atoms with Crippen LogP contribution in [0.4, 0.5) is 0 Å². The van der Waals surface area contributed by atoms with E-state index in [1.54, 1.807) is 0 Å². The fourth-order valence-corrected chi connectivity index (χ4v) is 6.98. The molecule has 0 aliphatic carbocycles. The molecular weight excluding hydrogens is 613 g/mol. The summed E-state index contributed by atoms with van der Waals surface area (Å²) in [7, 11) is 0. The average Bonchev–Trinajstić information content (AvgIpc) is 3.73. The van der Waals surface area contributed by atoms with Crippen molar-refractivity contribution in [2.75, 3.05) is 0 Å². The zero-order valence-electron chi connectivity index (χ0n) is 27.7. The third-order valence-electron chi connectivity index (χ3n) is 9.23. The summed E-state index contributed by atoms with van der Waals surface area (Å²) in [6, 6.07) is 54.5. The van der Waals surface area contributed by atoms with Gasteiger partial charge in [-0.1, -0.05) is 141 Å². The van der Waals surface area contributed by atoms with Gasteiger partial charge in [0.15, 0.2) is 11.6 Å². The van der Waals surface area contributed by atoms with Gasteiger partial charge in [0.25, 0.3) is 0 Å². The van der Waals surface area contributed by atoms with E-state index in [0.717, 1.165) is 71.4 Å². The van der Waals surface area contributed by atoms with Gasteiger partial charge in [-0.15, -0.1) is 0 Å². The molecule has 0 spiro atoms. The maximum absolute atomic E-state index is 6.19. The Hall–Kier alpha value is -6.59. The molecule has 0 saturated carbocycles. The number of benzene rings is 7. The summed E-state index contributed by atoms with van der Waals surface area (Å²) >= 11 is 0. The molecule has 0 aliphatic heterocycles. The summed E-state index contributed by atoms with van der Waals surface area (Å²) in [5, 5.41) is 6.81. The fourth-order valence-electron chi connectivity index (χ4n) is 6.98. The second kappa shape index (κ2) is 12.1. The van der Waals surface area contributed by atoms with Crippen LogP contribution in [-0.4, -0.2) is 19.5 Å². The molecule has 0 unspecified atom stereocenters. The normalized spacial score (nSPS) is 11.4. The van der Waals surface area contributed by atoms with Crippen molar-refractivity contribution < 1.29 is 4.42 Å². The lowest BCUT2D eigenvalue weighted by Gasteiger charge is -2.13. The van der Waals surface area contributed by atoms with Crippen LogP contribution in [0.15, 0.2) is 162 Å². The molecule has 0 amide bonds. The van der Waals surface area contributed by atoms with E-state index in [-0.39, 0.29) is 0 Å². The molecule has 5 nitrogen and oxygen atoms in total. The summed E-state index contributed by atoms with van der Waals surface area (Å²) in [6.07, 6.45) is 0. The first kappa shape index (κ1) is 29.5. The number of fused-ring (bicyclic) bond motifs is 7. The maximum Gasteiger partial charge on any atom is 0.238 e. The first-order chi connectivity index (χ1) is 24.8. The fraction of sp³-hybridized carbons (Fsp3) is 0.0444. The summed E-state index contributed by atoms with van der Waals surface area (Å²) in [4.78, 5) is 15.4. The minimum Gasteiger partial charge on any atom is -0.456 e. The van der Waals surface area contributed by atoms with E-state index in [2.05, 4.69) is 89.5 Å². The SMILES string of the molecule is CC.c1ccc(-c2nc(-c3ccccc3)nc(-n3c4cc5ccccc5cc4c4cccc(-c5ccc6oc7ccccc7c6c5)c43)n2)cc1. The summed E-state index contributed by atoms with van der Waals surface area (Å²) in [5.74, 6) is 1.82. The van der Waals surface area contributed by atoms with E-state index in [0.29, 0.717) is 17.6 Å². The number of rotatable bonds is 4. The van der Waals surface area contributed by atoms with Gasteiger partial charge in [0.2, 0.25) is 5.95 Å². The zero-order chi connectivity index (χ0) is 33.6. The molecule has 3 heterocycles. The molecule has 7 aromatic carbocycles. The number of hydrogen-bond donors (Lipinski definition) is 0. The van der Waals surface area contributed by atoms with Crippen molar-refractivity contribution in [3.63, 3.8) is 0 Å². The van der Waals surface area contributed by atoms with Crippen molar-refractivity contribution in [1.29, 1.82) is 0 Å². The van der Waals surface area contributed by atoms with Crippen LogP contribution in [0.5, 0.6) is 0 Å². The Labute approximate surface area is 289 Å². The van der Waals surface area contributed by atoms with Gasteiger partial charge in [-0.2, -0.15) is 9.97 Å². The molecule has 238 valence electrons. The highest BCUT2D eigenvalue weighted by Crippen LogP contribution is 2.41. The summed E-state index contributed by atoms with van der Waals surface area (Å²) < 4.78 is 8.42. The van der Waals surface area contributed by atoms with Gasteiger partial charge < -0.3 is 4.42 Å². The van der Waals surface area contributed by atoms with Crippen molar-refractivity contribution in [2.45, 2.75) is 13.8 Å². The molecule has 0 atom stereocenters. The molecule has 0 N–H and O–H groups in total. The Bertz CT molecular complexity index is 2780. The third-order valence-corrected chi connectivity index (χ3v) is 9.23. The Morgan fingerprint density at radius 1 is 0.440 bits per heavy atom. The van der Waals surface area contributed by atoms with E-state index in [1.807, 2.05) is 86.6 Å². The Morgan fingerprint density at radius 3 is 1.76 bits per heavy atom. The number of furan rings is 1. The van der Waals surface area contributed by atoms with Crippen molar-refractivity contribution in [3.05, 3.63) is 158 Å². The van der Waals surface area contributed by atoms with Gasteiger partial charge in [0, 0.05) is 38.2 Å². The minimum absolute atomic E-state index is 0.570. The van der Waals surface area contributed by atoms with Crippen LogP contribution in [0.2, 0.25) is 0 Å². The van der Waals surface area contributed by atoms with Gasteiger partial charge in [0.1, 0.15) is 11.2 Å². The van der Waals surface area contributed by atoms with Crippen LogP contribution in [0.3, 0.4) is 0 Å². The van der Waals surface area contributed by atoms with Gasteiger partial charge >= 0.3 is 0 Å². The Morgan fingerprint density at radius 2 is 1.04 bits per heavy atom. The Kier molecular flexibility index (Phi) is 7.17. The van der Waals surface area contributed by atoms with Gasteiger partial charge in [-0.25, -0.2) is 4.98 Å². The second-order valence-electron chi connectivity index (χ2n) is 12.1. The zero-order valence-corrected chi connectivity index (χ0v) is 27.7. The van der Waals surface area contributed by atoms with Gasteiger partial charge in [-0.3, -0.25) is 4.57 Å². The number of aromatic nitrogens is 4.